The standard InChI is InChI=1S/C39H38NO3P/c1-39(2,3)37-28-43-38(40-37)35-16-10-11-17-36(35)44(33-22-18-31(19-23-33)41-26-29-12-6-4-7-13-29)34-24-20-32(21-25-34)42-27-30-14-8-5-9-15-30/h4-25,37H,26-28H2,1-3H3/t37-/m1/s1. The monoisotopic (exact) mass is 599 g/mol. The van der Waals surface area contributed by atoms with Crippen molar-refractivity contribution < 1.29 is 14.2 Å². The van der Waals surface area contributed by atoms with Crippen molar-refractivity contribution in [1.82, 2.24) is 0 Å². The van der Waals surface area contributed by atoms with Gasteiger partial charge in [0, 0.05) is 5.56 Å². The molecule has 44 heavy (non-hydrogen) atoms. The fourth-order valence-electron chi connectivity index (χ4n) is 5.11. The molecule has 0 amide bonds. The highest BCUT2D eigenvalue weighted by atomic mass is 31.1. The van der Waals surface area contributed by atoms with E-state index in [0.29, 0.717) is 19.8 Å². The van der Waals surface area contributed by atoms with Gasteiger partial charge >= 0.3 is 0 Å². The first-order valence-corrected chi connectivity index (χ1v) is 16.4. The minimum Gasteiger partial charge on any atom is -0.489 e. The molecule has 0 unspecified atom stereocenters. The van der Waals surface area contributed by atoms with E-state index in [-0.39, 0.29) is 11.5 Å². The van der Waals surface area contributed by atoms with E-state index in [9.17, 15) is 0 Å². The molecule has 0 aliphatic carbocycles. The second-order valence-corrected chi connectivity index (χ2v) is 14.2. The van der Waals surface area contributed by atoms with E-state index in [1.807, 2.05) is 36.4 Å². The zero-order chi connectivity index (χ0) is 30.4. The second-order valence-electron chi connectivity index (χ2n) is 12.0. The van der Waals surface area contributed by atoms with Crippen LogP contribution in [0.4, 0.5) is 0 Å². The SMILES string of the molecule is CC(C)(C)[C@H]1COC(c2ccccc2P(c2ccc(OCc3ccccc3)cc2)c2ccc(OCc3ccccc3)cc2)=N1. The zero-order valence-electron chi connectivity index (χ0n) is 25.5. The minimum atomic E-state index is -0.928. The second kappa shape index (κ2) is 13.5. The van der Waals surface area contributed by atoms with E-state index in [0.717, 1.165) is 34.1 Å². The molecule has 5 aromatic rings. The zero-order valence-corrected chi connectivity index (χ0v) is 26.4. The van der Waals surface area contributed by atoms with E-state index in [4.69, 9.17) is 19.2 Å². The Morgan fingerprint density at radius 3 is 1.59 bits per heavy atom. The van der Waals surface area contributed by atoms with Gasteiger partial charge in [0.2, 0.25) is 5.90 Å². The van der Waals surface area contributed by atoms with Gasteiger partial charge in [0.25, 0.3) is 0 Å². The Balaban J connectivity index is 1.31. The summed E-state index contributed by atoms with van der Waals surface area (Å²) in [4.78, 5) is 5.06. The number of ether oxygens (including phenoxy) is 3. The molecule has 1 atom stereocenters. The number of aliphatic imine (C=N–C) groups is 1. The number of benzene rings is 5. The van der Waals surface area contributed by atoms with Crippen LogP contribution in [-0.2, 0) is 18.0 Å². The third kappa shape index (κ3) is 7.21. The molecule has 0 N–H and O–H groups in total. The molecule has 0 spiro atoms. The van der Waals surface area contributed by atoms with Gasteiger partial charge in [-0.2, -0.15) is 0 Å². The van der Waals surface area contributed by atoms with Gasteiger partial charge in [-0.15, -0.1) is 0 Å². The van der Waals surface area contributed by atoms with Gasteiger partial charge < -0.3 is 14.2 Å². The van der Waals surface area contributed by atoms with Crippen LogP contribution in [0.1, 0.15) is 37.5 Å². The van der Waals surface area contributed by atoms with Crippen molar-refractivity contribution in [1.29, 1.82) is 0 Å². The maximum absolute atomic E-state index is 6.25. The van der Waals surface area contributed by atoms with Crippen molar-refractivity contribution in [2.24, 2.45) is 10.4 Å². The average molecular weight is 600 g/mol. The number of hydrogen-bond donors (Lipinski definition) is 0. The van der Waals surface area contributed by atoms with Gasteiger partial charge in [-0.1, -0.05) is 124 Å². The quantitative estimate of drug-likeness (QED) is 0.154. The summed E-state index contributed by atoms with van der Waals surface area (Å²) in [6, 6.07) is 46.2. The summed E-state index contributed by atoms with van der Waals surface area (Å²) in [6.45, 7) is 8.33. The molecule has 5 heteroatoms. The molecule has 0 fully saturated rings. The van der Waals surface area contributed by atoms with Crippen LogP contribution in [0, 0.1) is 5.41 Å². The van der Waals surface area contributed by atoms with Gasteiger partial charge in [0.15, 0.2) is 0 Å². The van der Waals surface area contributed by atoms with Gasteiger partial charge in [-0.25, -0.2) is 4.99 Å². The van der Waals surface area contributed by atoms with Gasteiger partial charge in [0.1, 0.15) is 31.3 Å². The van der Waals surface area contributed by atoms with Crippen molar-refractivity contribution in [2.45, 2.75) is 40.0 Å². The van der Waals surface area contributed by atoms with Gasteiger partial charge in [0.05, 0.1) is 6.04 Å². The summed E-state index contributed by atoms with van der Waals surface area (Å²) in [5.74, 6) is 2.43. The van der Waals surface area contributed by atoms with Crippen LogP contribution in [0.15, 0.2) is 138 Å². The molecular weight excluding hydrogens is 561 g/mol. The molecule has 0 saturated carbocycles. The van der Waals surface area contributed by atoms with Crippen LogP contribution in [0.25, 0.3) is 0 Å². The molecule has 222 valence electrons. The van der Waals surface area contributed by atoms with Crippen LogP contribution in [0.5, 0.6) is 11.5 Å². The number of hydrogen-bond acceptors (Lipinski definition) is 4. The summed E-state index contributed by atoms with van der Waals surface area (Å²) >= 11 is 0. The summed E-state index contributed by atoms with van der Waals surface area (Å²) < 4.78 is 18.5. The lowest BCUT2D eigenvalue weighted by Gasteiger charge is -2.23. The van der Waals surface area contributed by atoms with E-state index in [1.54, 1.807) is 0 Å². The summed E-state index contributed by atoms with van der Waals surface area (Å²) in [7, 11) is -0.928. The topological polar surface area (TPSA) is 40.0 Å². The Labute approximate surface area is 262 Å². The van der Waals surface area contributed by atoms with Crippen molar-refractivity contribution >= 4 is 29.7 Å². The third-order valence-corrected chi connectivity index (χ3v) is 10.2. The normalized spacial score (nSPS) is 14.6. The summed E-state index contributed by atoms with van der Waals surface area (Å²) in [5.41, 5.74) is 3.38. The largest absolute Gasteiger partial charge is 0.489 e. The summed E-state index contributed by atoms with van der Waals surface area (Å²) in [6.07, 6.45) is 0. The van der Waals surface area contributed by atoms with Gasteiger partial charge in [-0.3, -0.25) is 0 Å². The van der Waals surface area contributed by atoms with E-state index >= 15 is 0 Å². The molecule has 6 rings (SSSR count). The first-order chi connectivity index (χ1) is 21.4. The highest BCUT2D eigenvalue weighted by Gasteiger charge is 2.32. The van der Waals surface area contributed by atoms with E-state index in [2.05, 4.69) is 118 Å². The molecule has 0 bridgehead atoms. The lowest BCUT2D eigenvalue weighted by Crippen LogP contribution is -2.25. The number of rotatable bonds is 10. The predicted molar refractivity (Wildman–Crippen MR) is 182 cm³/mol. The van der Waals surface area contributed by atoms with Crippen molar-refractivity contribution in [3.05, 3.63) is 150 Å². The Kier molecular flexibility index (Phi) is 9.09. The Morgan fingerprint density at radius 1 is 0.636 bits per heavy atom. The average Bonchev–Trinajstić information content (AvgIpc) is 3.57. The molecule has 1 aliphatic heterocycles. The van der Waals surface area contributed by atoms with Crippen LogP contribution >= 0.6 is 7.92 Å². The molecule has 0 radical (unpaired) electrons. The predicted octanol–water partition coefficient (Wildman–Crippen LogP) is 7.79. The van der Waals surface area contributed by atoms with E-state index in [1.165, 1.54) is 15.9 Å². The molecule has 1 aliphatic rings. The van der Waals surface area contributed by atoms with Crippen LogP contribution in [0.3, 0.4) is 0 Å². The Bertz CT molecular complexity index is 1590. The maximum Gasteiger partial charge on any atom is 0.217 e. The summed E-state index contributed by atoms with van der Waals surface area (Å²) in [5, 5.41) is 3.67. The fraction of sp³-hybridized carbons (Fsp3) is 0.205. The number of nitrogens with zero attached hydrogens (tertiary/aromatic N) is 1. The molecule has 0 aromatic heterocycles. The molecule has 0 saturated heterocycles. The van der Waals surface area contributed by atoms with Crippen molar-refractivity contribution in [3.8, 4) is 11.5 Å². The van der Waals surface area contributed by atoms with Crippen molar-refractivity contribution in [3.63, 3.8) is 0 Å². The smallest absolute Gasteiger partial charge is 0.217 e. The molecular formula is C39H38NO3P. The van der Waals surface area contributed by atoms with E-state index < -0.39 is 7.92 Å². The van der Waals surface area contributed by atoms with Crippen LogP contribution in [-0.4, -0.2) is 18.5 Å². The van der Waals surface area contributed by atoms with Crippen molar-refractivity contribution in [2.75, 3.05) is 6.61 Å². The molecule has 5 aromatic carbocycles. The first-order valence-electron chi connectivity index (χ1n) is 15.1. The van der Waals surface area contributed by atoms with Gasteiger partial charge in [-0.05, 0) is 70.7 Å². The highest BCUT2D eigenvalue weighted by Crippen LogP contribution is 2.37. The van der Waals surface area contributed by atoms with Crippen LogP contribution < -0.4 is 25.4 Å². The lowest BCUT2D eigenvalue weighted by atomic mass is 9.88. The Hall–Kier alpha value is -4.40. The fourth-order valence-corrected chi connectivity index (χ4v) is 7.50. The lowest BCUT2D eigenvalue weighted by molar-refractivity contribution is 0.236. The highest BCUT2D eigenvalue weighted by molar-refractivity contribution is 7.80. The van der Waals surface area contributed by atoms with Crippen LogP contribution in [0.2, 0.25) is 0 Å². The maximum atomic E-state index is 6.25. The molecule has 4 nitrogen and oxygen atoms in total. The molecule has 1 heterocycles. The third-order valence-electron chi connectivity index (χ3n) is 7.71. The minimum absolute atomic E-state index is 0.0343. The Morgan fingerprint density at radius 2 is 1.11 bits per heavy atom. The first kappa shape index (κ1) is 29.7.